The summed E-state index contributed by atoms with van der Waals surface area (Å²) in [5.41, 5.74) is 1.17. The zero-order valence-corrected chi connectivity index (χ0v) is 13.3. The van der Waals surface area contributed by atoms with Crippen molar-refractivity contribution in [3.63, 3.8) is 0 Å². The molecule has 5 nitrogen and oxygen atoms in total. The number of piperazine rings is 1. The molecular weight excluding hydrogens is 268 g/mol. The second kappa shape index (κ2) is 8.10. The van der Waals surface area contributed by atoms with Crippen LogP contribution in [0.15, 0.2) is 12.1 Å². The molecule has 1 heterocycles. The Kier molecular flexibility index (Phi) is 6.14. The maximum Gasteiger partial charge on any atom is 0.164 e. The molecule has 0 amide bonds. The van der Waals surface area contributed by atoms with Gasteiger partial charge in [-0.2, -0.15) is 0 Å². The SMILES string of the molecule is COc1cc(OC)c(OC)cc1CCCN1CCNCC1. The van der Waals surface area contributed by atoms with Gasteiger partial charge in [0.15, 0.2) is 11.5 Å². The number of rotatable bonds is 7. The summed E-state index contributed by atoms with van der Waals surface area (Å²) in [5.74, 6) is 2.34. The largest absolute Gasteiger partial charge is 0.496 e. The van der Waals surface area contributed by atoms with Gasteiger partial charge in [-0.25, -0.2) is 0 Å². The Bertz CT molecular complexity index is 445. The molecule has 0 spiro atoms. The van der Waals surface area contributed by atoms with Crippen LogP contribution in [-0.4, -0.2) is 59.0 Å². The summed E-state index contributed by atoms with van der Waals surface area (Å²) in [5, 5.41) is 3.38. The fourth-order valence-corrected chi connectivity index (χ4v) is 2.72. The molecule has 1 aliphatic heterocycles. The van der Waals surface area contributed by atoms with E-state index in [0.717, 1.165) is 57.1 Å². The van der Waals surface area contributed by atoms with E-state index in [-0.39, 0.29) is 0 Å². The first-order valence-electron chi connectivity index (χ1n) is 7.50. The van der Waals surface area contributed by atoms with Crippen LogP contribution in [-0.2, 0) is 6.42 Å². The van der Waals surface area contributed by atoms with Crippen LogP contribution in [0.5, 0.6) is 17.2 Å². The molecule has 1 N–H and O–H groups in total. The van der Waals surface area contributed by atoms with Gasteiger partial charge in [-0.15, -0.1) is 0 Å². The molecule has 1 aromatic carbocycles. The maximum atomic E-state index is 5.47. The van der Waals surface area contributed by atoms with Crippen molar-refractivity contribution in [2.24, 2.45) is 0 Å². The van der Waals surface area contributed by atoms with Crippen molar-refractivity contribution in [1.82, 2.24) is 10.2 Å². The van der Waals surface area contributed by atoms with Gasteiger partial charge in [0.1, 0.15) is 5.75 Å². The predicted molar refractivity (Wildman–Crippen MR) is 83.7 cm³/mol. The Morgan fingerprint density at radius 3 is 2.19 bits per heavy atom. The van der Waals surface area contributed by atoms with Gasteiger partial charge >= 0.3 is 0 Å². The van der Waals surface area contributed by atoms with Crippen LogP contribution in [0.2, 0.25) is 0 Å². The summed E-state index contributed by atoms with van der Waals surface area (Å²) >= 11 is 0. The molecule has 1 aliphatic rings. The van der Waals surface area contributed by atoms with Crippen LogP contribution in [0.25, 0.3) is 0 Å². The number of nitrogens with one attached hydrogen (secondary N) is 1. The van der Waals surface area contributed by atoms with Crippen molar-refractivity contribution in [2.75, 3.05) is 54.1 Å². The lowest BCUT2D eigenvalue weighted by Crippen LogP contribution is -2.43. The van der Waals surface area contributed by atoms with E-state index in [1.165, 1.54) is 5.56 Å². The van der Waals surface area contributed by atoms with Gasteiger partial charge in [0.2, 0.25) is 0 Å². The topological polar surface area (TPSA) is 43.0 Å². The van der Waals surface area contributed by atoms with E-state index in [4.69, 9.17) is 14.2 Å². The highest BCUT2D eigenvalue weighted by molar-refractivity contribution is 5.50. The Labute approximate surface area is 127 Å². The van der Waals surface area contributed by atoms with Gasteiger partial charge in [0, 0.05) is 32.2 Å². The normalized spacial score (nSPS) is 15.8. The van der Waals surface area contributed by atoms with Crippen molar-refractivity contribution in [2.45, 2.75) is 12.8 Å². The van der Waals surface area contributed by atoms with Crippen LogP contribution in [0.1, 0.15) is 12.0 Å². The molecule has 0 atom stereocenters. The second-order valence-electron chi connectivity index (χ2n) is 5.21. The molecular formula is C16H26N2O3. The van der Waals surface area contributed by atoms with Crippen molar-refractivity contribution in [3.05, 3.63) is 17.7 Å². The summed E-state index contributed by atoms with van der Waals surface area (Å²) in [6.07, 6.45) is 2.10. The van der Waals surface area contributed by atoms with Gasteiger partial charge < -0.3 is 24.4 Å². The molecule has 5 heteroatoms. The molecule has 1 fully saturated rings. The van der Waals surface area contributed by atoms with Crippen molar-refractivity contribution in [1.29, 1.82) is 0 Å². The van der Waals surface area contributed by atoms with Crippen LogP contribution >= 0.6 is 0 Å². The fraction of sp³-hybridized carbons (Fsp3) is 0.625. The first kappa shape index (κ1) is 15.9. The van der Waals surface area contributed by atoms with Gasteiger partial charge in [0.05, 0.1) is 21.3 Å². The summed E-state index contributed by atoms with van der Waals surface area (Å²) in [6, 6.07) is 3.93. The molecule has 0 unspecified atom stereocenters. The van der Waals surface area contributed by atoms with Gasteiger partial charge in [-0.3, -0.25) is 0 Å². The minimum absolute atomic E-state index is 0.709. The number of hydrogen-bond donors (Lipinski definition) is 1. The highest BCUT2D eigenvalue weighted by atomic mass is 16.5. The summed E-state index contributed by atoms with van der Waals surface area (Å²) in [6.45, 7) is 5.60. The van der Waals surface area contributed by atoms with Crippen LogP contribution in [0, 0.1) is 0 Å². The number of aryl methyl sites for hydroxylation is 1. The Morgan fingerprint density at radius 1 is 0.952 bits per heavy atom. The molecule has 0 aromatic heterocycles. The third-order valence-electron chi connectivity index (χ3n) is 3.92. The maximum absolute atomic E-state index is 5.47. The molecule has 0 saturated carbocycles. The second-order valence-corrected chi connectivity index (χ2v) is 5.21. The van der Waals surface area contributed by atoms with Gasteiger partial charge in [-0.05, 0) is 31.0 Å². The molecule has 118 valence electrons. The molecule has 0 aliphatic carbocycles. The first-order valence-corrected chi connectivity index (χ1v) is 7.50. The fourth-order valence-electron chi connectivity index (χ4n) is 2.72. The highest BCUT2D eigenvalue weighted by Gasteiger charge is 2.13. The standard InChI is InChI=1S/C16H26N2O3/c1-19-14-12-16(21-3)15(20-2)11-13(14)5-4-8-18-9-6-17-7-10-18/h11-12,17H,4-10H2,1-3H3. The number of benzene rings is 1. The summed E-state index contributed by atoms with van der Waals surface area (Å²) in [4.78, 5) is 2.50. The third-order valence-corrected chi connectivity index (χ3v) is 3.92. The van der Waals surface area contributed by atoms with Crippen molar-refractivity contribution in [3.8, 4) is 17.2 Å². The third kappa shape index (κ3) is 4.25. The van der Waals surface area contributed by atoms with Gasteiger partial charge in [0.25, 0.3) is 0 Å². The first-order chi connectivity index (χ1) is 10.3. The van der Waals surface area contributed by atoms with E-state index >= 15 is 0 Å². The van der Waals surface area contributed by atoms with E-state index in [2.05, 4.69) is 10.2 Å². The van der Waals surface area contributed by atoms with E-state index in [0.29, 0.717) is 5.75 Å². The zero-order chi connectivity index (χ0) is 15.1. The lowest BCUT2D eigenvalue weighted by molar-refractivity contribution is 0.238. The Balaban J connectivity index is 1.97. The van der Waals surface area contributed by atoms with E-state index in [1.807, 2.05) is 12.1 Å². The predicted octanol–water partition coefficient (Wildman–Crippen LogP) is 1.55. The molecule has 1 aromatic rings. The summed E-state index contributed by atoms with van der Waals surface area (Å²) in [7, 11) is 5.00. The van der Waals surface area contributed by atoms with Crippen LogP contribution in [0.3, 0.4) is 0 Å². The van der Waals surface area contributed by atoms with Crippen LogP contribution in [0.4, 0.5) is 0 Å². The minimum Gasteiger partial charge on any atom is -0.496 e. The molecule has 21 heavy (non-hydrogen) atoms. The number of hydrogen-bond acceptors (Lipinski definition) is 5. The smallest absolute Gasteiger partial charge is 0.164 e. The van der Waals surface area contributed by atoms with Gasteiger partial charge in [-0.1, -0.05) is 0 Å². The minimum atomic E-state index is 0.709. The number of methoxy groups -OCH3 is 3. The lowest BCUT2D eigenvalue weighted by Gasteiger charge is -2.27. The van der Waals surface area contributed by atoms with Crippen molar-refractivity contribution < 1.29 is 14.2 Å². The zero-order valence-electron chi connectivity index (χ0n) is 13.3. The Hall–Kier alpha value is -1.46. The average molecular weight is 294 g/mol. The highest BCUT2D eigenvalue weighted by Crippen LogP contribution is 2.35. The van der Waals surface area contributed by atoms with E-state index in [1.54, 1.807) is 21.3 Å². The average Bonchev–Trinajstić information content (AvgIpc) is 2.55. The monoisotopic (exact) mass is 294 g/mol. The number of nitrogens with zero attached hydrogens (tertiary/aromatic N) is 1. The quantitative estimate of drug-likeness (QED) is 0.826. The lowest BCUT2D eigenvalue weighted by atomic mass is 10.1. The molecule has 1 saturated heterocycles. The van der Waals surface area contributed by atoms with Crippen molar-refractivity contribution >= 4 is 0 Å². The number of ether oxygens (including phenoxy) is 3. The Morgan fingerprint density at radius 2 is 1.57 bits per heavy atom. The molecule has 2 rings (SSSR count). The molecule has 0 radical (unpaired) electrons. The van der Waals surface area contributed by atoms with E-state index < -0.39 is 0 Å². The van der Waals surface area contributed by atoms with E-state index in [9.17, 15) is 0 Å². The summed E-state index contributed by atoms with van der Waals surface area (Å²) < 4.78 is 16.2. The van der Waals surface area contributed by atoms with Crippen LogP contribution < -0.4 is 19.5 Å². The molecule has 0 bridgehead atoms.